The van der Waals surface area contributed by atoms with Gasteiger partial charge in [-0.15, -0.1) is 0 Å². The number of carbonyl (C=O) groups excluding carboxylic acids is 2. The summed E-state index contributed by atoms with van der Waals surface area (Å²) in [5.41, 5.74) is 0.349. The number of Topliss-reactive ketones (excluding diaryl/α,β-unsaturated/α-hetero) is 1. The van der Waals surface area contributed by atoms with Crippen LogP contribution in [-0.4, -0.2) is 39.1 Å². The van der Waals surface area contributed by atoms with Gasteiger partial charge in [-0.25, -0.2) is 4.79 Å². The van der Waals surface area contributed by atoms with E-state index < -0.39 is 25.9 Å². The van der Waals surface area contributed by atoms with E-state index in [0.29, 0.717) is 5.56 Å². The molecule has 0 fully saturated rings. The van der Waals surface area contributed by atoms with E-state index >= 15 is 0 Å². The largest absolute Gasteiger partial charge is 0.462 e. The zero-order valence-electron chi connectivity index (χ0n) is 13.8. The minimum atomic E-state index is -2.26. The van der Waals surface area contributed by atoms with Crippen LogP contribution < -0.4 is 0 Å². The molecule has 6 heteroatoms. The highest BCUT2D eigenvalue weighted by Gasteiger charge is 2.52. The van der Waals surface area contributed by atoms with Gasteiger partial charge in [0, 0.05) is 12.2 Å². The van der Waals surface area contributed by atoms with Crippen molar-refractivity contribution in [2.24, 2.45) is 0 Å². The molecule has 0 bridgehead atoms. The van der Waals surface area contributed by atoms with Crippen molar-refractivity contribution in [1.82, 2.24) is 0 Å². The van der Waals surface area contributed by atoms with Crippen LogP contribution in [0.3, 0.4) is 0 Å². The van der Waals surface area contributed by atoms with E-state index in [1.165, 1.54) is 0 Å². The lowest BCUT2D eigenvalue weighted by Crippen LogP contribution is -2.57. The van der Waals surface area contributed by atoms with Gasteiger partial charge in [-0.05, 0) is 33.5 Å². The minimum absolute atomic E-state index is 0.144. The molecule has 1 unspecified atom stereocenters. The van der Waals surface area contributed by atoms with Crippen molar-refractivity contribution in [2.75, 3.05) is 13.2 Å². The van der Waals surface area contributed by atoms with Crippen molar-refractivity contribution in [3.63, 3.8) is 0 Å². The molecule has 22 heavy (non-hydrogen) atoms. The lowest BCUT2D eigenvalue weighted by atomic mass is 10.0. The summed E-state index contributed by atoms with van der Waals surface area (Å²) in [6, 6.07) is 8.50. The minimum Gasteiger partial charge on any atom is -0.462 e. The number of esters is 1. The SMILES string of the molecule is CCOC(=O)C(OCC)(O[Si](C)(C)C)C(=O)c1ccccc1. The second-order valence-electron chi connectivity index (χ2n) is 5.68. The number of hydrogen-bond donors (Lipinski definition) is 0. The Morgan fingerprint density at radius 2 is 1.64 bits per heavy atom. The molecule has 0 saturated heterocycles. The van der Waals surface area contributed by atoms with Crippen LogP contribution in [0, 0.1) is 0 Å². The lowest BCUT2D eigenvalue weighted by molar-refractivity contribution is -0.200. The average Bonchev–Trinajstić information content (AvgIpc) is 2.45. The highest BCUT2D eigenvalue weighted by molar-refractivity contribution is 6.70. The number of ketones is 1. The number of hydrogen-bond acceptors (Lipinski definition) is 5. The Kier molecular flexibility index (Phi) is 6.46. The molecule has 0 aliphatic rings. The smallest absolute Gasteiger partial charge is 0.374 e. The first-order valence-electron chi connectivity index (χ1n) is 7.38. The Labute approximate surface area is 132 Å². The molecular weight excluding hydrogens is 300 g/mol. The van der Waals surface area contributed by atoms with Gasteiger partial charge in [0.15, 0.2) is 8.32 Å². The Morgan fingerprint density at radius 1 is 1.05 bits per heavy atom. The molecule has 0 radical (unpaired) electrons. The van der Waals surface area contributed by atoms with E-state index in [4.69, 9.17) is 13.9 Å². The van der Waals surface area contributed by atoms with Crippen LogP contribution >= 0.6 is 0 Å². The summed E-state index contributed by atoms with van der Waals surface area (Å²) in [7, 11) is -2.26. The summed E-state index contributed by atoms with van der Waals surface area (Å²) in [5, 5.41) is 0. The van der Waals surface area contributed by atoms with Crippen molar-refractivity contribution in [3.8, 4) is 0 Å². The number of rotatable bonds is 8. The zero-order chi connectivity index (χ0) is 16.8. The van der Waals surface area contributed by atoms with E-state index in [-0.39, 0.29) is 13.2 Å². The summed E-state index contributed by atoms with van der Waals surface area (Å²) < 4.78 is 16.5. The van der Waals surface area contributed by atoms with E-state index in [0.717, 1.165) is 0 Å². The lowest BCUT2D eigenvalue weighted by Gasteiger charge is -2.35. The normalized spacial score (nSPS) is 14.2. The monoisotopic (exact) mass is 324 g/mol. The quantitative estimate of drug-likeness (QED) is 0.242. The molecular formula is C16H24O5Si. The summed E-state index contributed by atoms with van der Waals surface area (Å²) in [6.07, 6.45) is 0. The third-order valence-corrected chi connectivity index (χ3v) is 3.58. The van der Waals surface area contributed by atoms with Crippen molar-refractivity contribution < 1.29 is 23.5 Å². The second-order valence-corrected chi connectivity index (χ2v) is 10.1. The summed E-state index contributed by atoms with van der Waals surface area (Å²) in [4.78, 5) is 25.4. The summed E-state index contributed by atoms with van der Waals surface area (Å²) in [5.74, 6) is -3.36. The molecule has 0 saturated carbocycles. The van der Waals surface area contributed by atoms with Gasteiger partial charge in [0.25, 0.3) is 0 Å². The molecule has 1 aromatic carbocycles. The van der Waals surface area contributed by atoms with Gasteiger partial charge < -0.3 is 13.9 Å². The van der Waals surface area contributed by atoms with E-state index in [1.54, 1.807) is 44.2 Å². The molecule has 0 aliphatic heterocycles. The maximum absolute atomic E-state index is 12.9. The molecule has 0 aliphatic carbocycles. The van der Waals surface area contributed by atoms with E-state index in [1.807, 2.05) is 19.6 Å². The predicted octanol–water partition coefficient (Wildman–Crippen LogP) is 3.02. The molecule has 0 amide bonds. The Morgan fingerprint density at radius 3 is 2.09 bits per heavy atom. The summed E-state index contributed by atoms with van der Waals surface area (Å²) >= 11 is 0. The van der Waals surface area contributed by atoms with Gasteiger partial charge in [-0.3, -0.25) is 4.79 Å². The van der Waals surface area contributed by atoms with Crippen molar-refractivity contribution in [2.45, 2.75) is 39.3 Å². The van der Waals surface area contributed by atoms with Crippen LogP contribution in [0.5, 0.6) is 0 Å². The highest BCUT2D eigenvalue weighted by atomic mass is 28.4. The third kappa shape index (κ3) is 4.49. The molecule has 1 atom stereocenters. The molecule has 5 nitrogen and oxygen atoms in total. The number of benzene rings is 1. The predicted molar refractivity (Wildman–Crippen MR) is 86.2 cm³/mol. The fraction of sp³-hybridized carbons (Fsp3) is 0.500. The fourth-order valence-electron chi connectivity index (χ4n) is 1.97. The molecule has 1 rings (SSSR count). The first-order chi connectivity index (χ1) is 10.3. The van der Waals surface area contributed by atoms with Crippen molar-refractivity contribution in [1.29, 1.82) is 0 Å². The number of ether oxygens (including phenoxy) is 2. The van der Waals surface area contributed by atoms with Crippen LogP contribution in [0.25, 0.3) is 0 Å². The topological polar surface area (TPSA) is 61.8 Å². The molecule has 0 aromatic heterocycles. The Balaban J connectivity index is 3.34. The standard InChI is InChI=1S/C16H24O5Si/c1-6-19-15(18)16(20-7-2,21-22(3,4)5)14(17)13-11-9-8-10-12-13/h8-12H,6-7H2,1-5H3. The van der Waals surface area contributed by atoms with Crippen LogP contribution in [0.4, 0.5) is 0 Å². The molecule has 1 aromatic rings. The first kappa shape index (κ1) is 18.5. The van der Waals surface area contributed by atoms with Gasteiger partial charge in [0.2, 0.25) is 5.78 Å². The van der Waals surface area contributed by atoms with Gasteiger partial charge in [0.05, 0.1) is 6.61 Å². The third-order valence-electron chi connectivity index (χ3n) is 2.68. The van der Waals surface area contributed by atoms with E-state index in [9.17, 15) is 9.59 Å². The Hall–Kier alpha value is -1.50. The zero-order valence-corrected chi connectivity index (χ0v) is 14.8. The summed E-state index contributed by atoms with van der Waals surface area (Å²) in [6.45, 7) is 9.34. The average molecular weight is 324 g/mol. The number of carbonyl (C=O) groups is 2. The molecule has 0 spiro atoms. The van der Waals surface area contributed by atoms with Crippen molar-refractivity contribution >= 4 is 20.1 Å². The highest BCUT2D eigenvalue weighted by Crippen LogP contribution is 2.26. The second kappa shape index (κ2) is 7.67. The van der Waals surface area contributed by atoms with Gasteiger partial charge in [-0.2, -0.15) is 0 Å². The van der Waals surface area contributed by atoms with Gasteiger partial charge in [0.1, 0.15) is 0 Å². The van der Waals surface area contributed by atoms with E-state index in [2.05, 4.69) is 0 Å². The van der Waals surface area contributed by atoms with Crippen molar-refractivity contribution in [3.05, 3.63) is 35.9 Å². The van der Waals surface area contributed by atoms with Gasteiger partial charge >= 0.3 is 11.8 Å². The van der Waals surface area contributed by atoms with Crippen LogP contribution in [0.2, 0.25) is 19.6 Å². The Bertz CT molecular complexity index is 509. The van der Waals surface area contributed by atoms with Crippen LogP contribution in [0.1, 0.15) is 24.2 Å². The molecule has 0 N–H and O–H groups in total. The maximum Gasteiger partial charge on any atom is 0.374 e. The maximum atomic E-state index is 12.9. The van der Waals surface area contributed by atoms with Crippen LogP contribution in [0.15, 0.2) is 30.3 Å². The molecule has 122 valence electrons. The van der Waals surface area contributed by atoms with Gasteiger partial charge in [-0.1, -0.05) is 30.3 Å². The first-order valence-corrected chi connectivity index (χ1v) is 10.8. The molecule has 0 heterocycles. The fourth-order valence-corrected chi connectivity index (χ4v) is 3.07. The van der Waals surface area contributed by atoms with Crippen LogP contribution in [-0.2, 0) is 18.7 Å².